The predicted molar refractivity (Wildman–Crippen MR) is 72.5 cm³/mol. The van der Waals surface area contributed by atoms with Crippen molar-refractivity contribution >= 4 is 27.5 Å². The molecule has 1 heterocycles. The summed E-state index contributed by atoms with van der Waals surface area (Å²) in [6.07, 6.45) is 0. The minimum Gasteiger partial charge on any atom is -0.340 e. The molecule has 7 heteroatoms. The Morgan fingerprint density at radius 2 is 1.84 bits per heavy atom. The third-order valence-electron chi connectivity index (χ3n) is 3.12. The largest absolute Gasteiger partial charge is 0.340 e. The summed E-state index contributed by atoms with van der Waals surface area (Å²) in [6.45, 7) is 2.97. The van der Waals surface area contributed by atoms with Crippen LogP contribution in [0.5, 0.6) is 0 Å². The molecule has 0 atom stereocenters. The lowest BCUT2D eigenvalue weighted by molar-refractivity contribution is -0.129. The van der Waals surface area contributed by atoms with Gasteiger partial charge in [0.15, 0.2) is 0 Å². The number of hydrogen-bond acceptors (Lipinski definition) is 3. The average molecular weight is 303 g/mol. The van der Waals surface area contributed by atoms with E-state index in [4.69, 9.17) is 11.6 Å². The highest BCUT2D eigenvalue weighted by molar-refractivity contribution is 7.89. The van der Waals surface area contributed by atoms with Gasteiger partial charge in [-0.1, -0.05) is 17.7 Å². The molecule has 1 amide bonds. The minimum absolute atomic E-state index is 0.0280. The van der Waals surface area contributed by atoms with Crippen LogP contribution < -0.4 is 0 Å². The van der Waals surface area contributed by atoms with Crippen LogP contribution in [0, 0.1) is 0 Å². The molecule has 1 aromatic rings. The van der Waals surface area contributed by atoms with Crippen LogP contribution in [-0.2, 0) is 14.8 Å². The van der Waals surface area contributed by atoms with E-state index in [0.29, 0.717) is 31.2 Å². The van der Waals surface area contributed by atoms with Gasteiger partial charge in [-0.3, -0.25) is 4.79 Å². The zero-order chi connectivity index (χ0) is 14.0. The zero-order valence-electron chi connectivity index (χ0n) is 10.5. The van der Waals surface area contributed by atoms with Gasteiger partial charge in [0.25, 0.3) is 0 Å². The molecule has 1 aromatic carbocycles. The Labute approximate surface area is 117 Å². The summed E-state index contributed by atoms with van der Waals surface area (Å²) < 4.78 is 26.1. The number of rotatable bonds is 2. The lowest BCUT2D eigenvalue weighted by Gasteiger charge is -2.33. The number of nitrogens with zero attached hydrogens (tertiary/aromatic N) is 2. The summed E-state index contributed by atoms with van der Waals surface area (Å²) in [5.74, 6) is -0.0280. The molecule has 19 heavy (non-hydrogen) atoms. The number of carbonyl (C=O) groups excluding carboxylic acids is 1. The molecule has 1 aliphatic rings. The highest BCUT2D eigenvalue weighted by Gasteiger charge is 2.29. The van der Waals surface area contributed by atoms with Crippen LogP contribution >= 0.6 is 11.6 Å². The summed E-state index contributed by atoms with van der Waals surface area (Å²) in [5.41, 5.74) is 0. The molecular formula is C12H15ClN2O3S. The average Bonchev–Trinajstić information content (AvgIpc) is 2.39. The van der Waals surface area contributed by atoms with Crippen LogP contribution in [0.4, 0.5) is 0 Å². The molecule has 0 aromatic heterocycles. The Morgan fingerprint density at radius 3 is 2.37 bits per heavy atom. The first-order valence-corrected chi connectivity index (χ1v) is 7.74. The topological polar surface area (TPSA) is 57.7 Å². The smallest absolute Gasteiger partial charge is 0.243 e. The monoisotopic (exact) mass is 302 g/mol. The Balaban J connectivity index is 2.16. The molecule has 5 nitrogen and oxygen atoms in total. The van der Waals surface area contributed by atoms with E-state index >= 15 is 0 Å². The molecular weight excluding hydrogens is 288 g/mol. The summed E-state index contributed by atoms with van der Waals surface area (Å²) in [7, 11) is -3.52. The van der Waals surface area contributed by atoms with Gasteiger partial charge in [-0.2, -0.15) is 4.31 Å². The second-order valence-electron chi connectivity index (χ2n) is 4.37. The maximum Gasteiger partial charge on any atom is 0.243 e. The van der Waals surface area contributed by atoms with Crippen LogP contribution in [0.2, 0.25) is 5.02 Å². The van der Waals surface area contributed by atoms with E-state index < -0.39 is 10.0 Å². The minimum atomic E-state index is -3.52. The molecule has 0 spiro atoms. The molecule has 0 unspecified atom stereocenters. The Bertz CT molecular complexity index is 580. The molecule has 0 aliphatic carbocycles. The Kier molecular flexibility index (Phi) is 4.13. The second kappa shape index (κ2) is 5.48. The number of benzene rings is 1. The van der Waals surface area contributed by atoms with Crippen LogP contribution in [0.1, 0.15) is 6.92 Å². The van der Waals surface area contributed by atoms with Gasteiger partial charge in [0.1, 0.15) is 0 Å². The van der Waals surface area contributed by atoms with Crippen molar-refractivity contribution < 1.29 is 13.2 Å². The van der Waals surface area contributed by atoms with Gasteiger partial charge in [0, 0.05) is 38.1 Å². The van der Waals surface area contributed by atoms with Crippen molar-refractivity contribution in [1.29, 1.82) is 0 Å². The van der Waals surface area contributed by atoms with Crippen LogP contribution in [0.25, 0.3) is 0 Å². The van der Waals surface area contributed by atoms with Gasteiger partial charge in [0.05, 0.1) is 4.90 Å². The van der Waals surface area contributed by atoms with Gasteiger partial charge in [0.2, 0.25) is 15.9 Å². The normalized spacial score (nSPS) is 17.5. The molecule has 0 bridgehead atoms. The quantitative estimate of drug-likeness (QED) is 0.824. The molecule has 1 fully saturated rings. The lowest BCUT2D eigenvalue weighted by Crippen LogP contribution is -2.49. The number of hydrogen-bond donors (Lipinski definition) is 0. The maximum absolute atomic E-state index is 12.4. The zero-order valence-corrected chi connectivity index (χ0v) is 12.1. The number of halogens is 1. The summed E-state index contributed by atoms with van der Waals surface area (Å²) in [5, 5.41) is 0.392. The van der Waals surface area contributed by atoms with E-state index in [9.17, 15) is 13.2 Å². The van der Waals surface area contributed by atoms with Crippen LogP contribution in [-0.4, -0.2) is 49.7 Å². The fraction of sp³-hybridized carbons (Fsp3) is 0.417. The van der Waals surface area contributed by atoms with Crippen molar-refractivity contribution in [2.45, 2.75) is 11.8 Å². The number of amides is 1. The lowest BCUT2D eigenvalue weighted by atomic mass is 10.3. The molecule has 0 saturated carbocycles. The van der Waals surface area contributed by atoms with Gasteiger partial charge >= 0.3 is 0 Å². The fourth-order valence-electron chi connectivity index (χ4n) is 2.02. The summed E-state index contributed by atoms with van der Waals surface area (Å²) in [4.78, 5) is 13.0. The first-order chi connectivity index (χ1) is 8.91. The first-order valence-electron chi connectivity index (χ1n) is 5.92. The Hall–Kier alpha value is -1.11. The van der Waals surface area contributed by atoms with E-state index in [-0.39, 0.29) is 10.8 Å². The standard InChI is InChI=1S/C12H15ClN2O3S/c1-10(16)14-5-7-15(8-6-14)19(17,18)12-4-2-3-11(13)9-12/h2-4,9H,5-8H2,1H3. The molecule has 1 saturated heterocycles. The van der Waals surface area contributed by atoms with Gasteiger partial charge in [-0.25, -0.2) is 8.42 Å². The third kappa shape index (κ3) is 3.08. The van der Waals surface area contributed by atoms with Crippen molar-refractivity contribution in [2.75, 3.05) is 26.2 Å². The fourth-order valence-corrected chi connectivity index (χ4v) is 3.74. The molecule has 1 aliphatic heterocycles. The van der Waals surface area contributed by atoms with E-state index in [0.717, 1.165) is 0 Å². The summed E-state index contributed by atoms with van der Waals surface area (Å²) >= 11 is 5.82. The van der Waals surface area contributed by atoms with E-state index in [1.807, 2.05) is 0 Å². The second-order valence-corrected chi connectivity index (χ2v) is 6.74. The van der Waals surface area contributed by atoms with Crippen molar-refractivity contribution in [3.63, 3.8) is 0 Å². The van der Waals surface area contributed by atoms with Gasteiger partial charge < -0.3 is 4.90 Å². The number of sulfonamides is 1. The van der Waals surface area contributed by atoms with Crippen LogP contribution in [0.15, 0.2) is 29.2 Å². The van der Waals surface area contributed by atoms with E-state index in [1.54, 1.807) is 17.0 Å². The number of piperazine rings is 1. The third-order valence-corrected chi connectivity index (χ3v) is 5.25. The highest BCUT2D eigenvalue weighted by Crippen LogP contribution is 2.20. The first kappa shape index (κ1) is 14.3. The van der Waals surface area contributed by atoms with Gasteiger partial charge in [-0.05, 0) is 18.2 Å². The Morgan fingerprint density at radius 1 is 1.21 bits per heavy atom. The van der Waals surface area contributed by atoms with Crippen molar-refractivity contribution in [1.82, 2.24) is 9.21 Å². The van der Waals surface area contributed by atoms with Crippen molar-refractivity contribution in [3.8, 4) is 0 Å². The SMILES string of the molecule is CC(=O)N1CCN(S(=O)(=O)c2cccc(Cl)c2)CC1. The van der Waals surface area contributed by atoms with E-state index in [2.05, 4.69) is 0 Å². The highest BCUT2D eigenvalue weighted by atomic mass is 35.5. The molecule has 0 radical (unpaired) electrons. The van der Waals surface area contributed by atoms with Gasteiger partial charge in [-0.15, -0.1) is 0 Å². The van der Waals surface area contributed by atoms with Crippen LogP contribution in [0.3, 0.4) is 0 Å². The molecule has 104 valence electrons. The maximum atomic E-state index is 12.4. The molecule has 2 rings (SSSR count). The summed E-state index contributed by atoms with van der Waals surface area (Å²) in [6, 6.07) is 6.21. The predicted octanol–water partition coefficient (Wildman–Crippen LogP) is 1.19. The number of carbonyl (C=O) groups is 1. The molecule has 0 N–H and O–H groups in total. The van der Waals surface area contributed by atoms with E-state index in [1.165, 1.54) is 23.4 Å². The van der Waals surface area contributed by atoms with Crippen molar-refractivity contribution in [2.24, 2.45) is 0 Å². The van der Waals surface area contributed by atoms with Crippen molar-refractivity contribution in [3.05, 3.63) is 29.3 Å².